The lowest BCUT2D eigenvalue weighted by atomic mass is 9.32. The average molecular weight is 475 g/mol. The second-order valence-corrected chi connectivity index (χ2v) is 15.8. The van der Waals surface area contributed by atoms with Gasteiger partial charge in [0, 0.05) is 11.8 Å². The maximum absolute atomic E-state index is 11.6. The summed E-state index contributed by atoms with van der Waals surface area (Å²) in [5.41, 5.74) is 0.822. The Morgan fingerprint density at radius 1 is 0.765 bits per heavy atom. The number of hydrogen-bond donors (Lipinski definition) is 4. The third-order valence-electron chi connectivity index (χ3n) is 13.1. The highest BCUT2D eigenvalue weighted by molar-refractivity contribution is 5.34. The van der Waals surface area contributed by atoms with E-state index in [1.165, 1.54) is 25.7 Å². The zero-order valence-corrected chi connectivity index (χ0v) is 23.0. The van der Waals surface area contributed by atoms with Crippen LogP contribution in [0.3, 0.4) is 0 Å². The van der Waals surface area contributed by atoms with E-state index < -0.39 is 22.4 Å². The zero-order valence-electron chi connectivity index (χ0n) is 23.0. The van der Waals surface area contributed by atoms with Gasteiger partial charge < -0.3 is 20.4 Å². The van der Waals surface area contributed by atoms with Crippen LogP contribution >= 0.6 is 0 Å². The molecule has 4 nitrogen and oxygen atoms in total. The molecule has 0 aromatic carbocycles. The van der Waals surface area contributed by atoms with E-state index in [0.717, 1.165) is 25.7 Å². The third-order valence-corrected chi connectivity index (χ3v) is 13.1. The van der Waals surface area contributed by atoms with Crippen LogP contribution in [0.2, 0.25) is 0 Å². The van der Waals surface area contributed by atoms with Crippen LogP contribution < -0.4 is 0 Å². The first kappa shape index (κ1) is 25.2. The van der Waals surface area contributed by atoms with Crippen molar-refractivity contribution in [1.29, 1.82) is 0 Å². The van der Waals surface area contributed by atoms with E-state index in [9.17, 15) is 20.4 Å². The second kappa shape index (κ2) is 6.71. The Morgan fingerprint density at radius 3 is 2.03 bits per heavy atom. The van der Waals surface area contributed by atoms with E-state index in [4.69, 9.17) is 0 Å². The van der Waals surface area contributed by atoms with Crippen molar-refractivity contribution in [2.24, 2.45) is 50.2 Å². The summed E-state index contributed by atoms with van der Waals surface area (Å²) < 4.78 is 0. The summed E-state index contributed by atoms with van der Waals surface area (Å²) in [6, 6.07) is 0. The molecule has 0 spiro atoms. The topological polar surface area (TPSA) is 80.9 Å². The van der Waals surface area contributed by atoms with E-state index in [1.807, 2.05) is 6.92 Å². The maximum atomic E-state index is 11.6. The fourth-order valence-corrected chi connectivity index (χ4v) is 10.8. The van der Waals surface area contributed by atoms with E-state index >= 15 is 0 Å². The molecule has 0 bridgehead atoms. The quantitative estimate of drug-likeness (QED) is 0.265. The predicted octanol–water partition coefficient (Wildman–Crippen LogP) is 5.78. The molecule has 5 rings (SSSR count). The zero-order chi connectivity index (χ0) is 25.4. The molecule has 4 N–H and O–H groups in total. The van der Waals surface area contributed by atoms with Gasteiger partial charge in [-0.2, -0.15) is 0 Å². The van der Waals surface area contributed by atoms with Crippen molar-refractivity contribution in [3.8, 4) is 0 Å². The van der Waals surface area contributed by atoms with Gasteiger partial charge in [0.1, 0.15) is 0 Å². The maximum Gasteiger partial charge on any atom is 0.224 e. The third kappa shape index (κ3) is 2.81. The Labute approximate surface area is 207 Å². The first-order valence-electron chi connectivity index (χ1n) is 13.9. The van der Waals surface area contributed by atoms with Crippen LogP contribution in [0.5, 0.6) is 0 Å². The molecule has 0 aromatic heterocycles. The molecule has 194 valence electrons. The molecule has 0 unspecified atom stereocenters. The lowest BCUT2D eigenvalue weighted by Crippen LogP contribution is -2.77. The van der Waals surface area contributed by atoms with Crippen LogP contribution in [-0.2, 0) is 0 Å². The molecule has 4 heteroatoms. The van der Waals surface area contributed by atoms with Crippen molar-refractivity contribution >= 4 is 0 Å². The molecule has 4 saturated carbocycles. The van der Waals surface area contributed by atoms with Gasteiger partial charge in [0.25, 0.3) is 0 Å². The van der Waals surface area contributed by atoms with Gasteiger partial charge in [0.2, 0.25) is 11.6 Å². The summed E-state index contributed by atoms with van der Waals surface area (Å²) in [6.07, 6.45) is 11.4. The highest BCUT2D eigenvalue weighted by Crippen LogP contribution is 2.77. The summed E-state index contributed by atoms with van der Waals surface area (Å²) in [5, 5.41) is 45.1. The van der Waals surface area contributed by atoms with Crippen molar-refractivity contribution in [1.82, 2.24) is 0 Å². The molecule has 4 fully saturated rings. The summed E-state index contributed by atoms with van der Waals surface area (Å²) >= 11 is 0. The fraction of sp³-hybridized carbons (Fsp3) is 0.933. The molecular weight excluding hydrogens is 424 g/mol. The van der Waals surface area contributed by atoms with E-state index in [-0.39, 0.29) is 29.1 Å². The minimum atomic E-state index is -2.55. The Morgan fingerprint density at radius 2 is 1.38 bits per heavy atom. The standard InChI is InChI=1S/C30H50O4/c1-23(2)13-14-25(5)15-16-26(6)19(20(25)17-23)9-10-22-27(26,7)12-11-21-24(3,4)18-29(31,32)30(33,34)28(21,22)8/h9,20-22,31-34H,10-18H2,1-8H3/t20-,21-,22-,25+,26+,27+,28-/m0/s1. The van der Waals surface area contributed by atoms with E-state index in [0.29, 0.717) is 16.7 Å². The minimum Gasteiger partial charge on any atom is -0.361 e. The van der Waals surface area contributed by atoms with Gasteiger partial charge in [-0.1, -0.05) is 67.0 Å². The van der Waals surface area contributed by atoms with E-state index in [1.54, 1.807) is 5.57 Å². The average Bonchev–Trinajstić information content (AvgIpc) is 2.68. The van der Waals surface area contributed by atoms with Crippen LogP contribution in [0, 0.1) is 50.2 Å². The Kier molecular flexibility index (Phi) is 4.98. The number of aliphatic hydroxyl groups is 4. The number of fused-ring (bicyclic) bond motifs is 7. The molecular formula is C30H50O4. The molecule has 7 atom stereocenters. The number of hydrogen-bond acceptors (Lipinski definition) is 4. The molecule has 0 heterocycles. The van der Waals surface area contributed by atoms with Gasteiger partial charge >= 0.3 is 0 Å². The number of rotatable bonds is 0. The summed E-state index contributed by atoms with van der Waals surface area (Å²) in [6.45, 7) is 18.4. The van der Waals surface area contributed by atoms with Crippen LogP contribution in [0.1, 0.15) is 113 Å². The summed E-state index contributed by atoms with van der Waals surface area (Å²) in [7, 11) is 0. The second-order valence-electron chi connectivity index (χ2n) is 15.8. The minimum absolute atomic E-state index is 0.00721. The lowest BCUT2D eigenvalue weighted by molar-refractivity contribution is -0.455. The fourth-order valence-electron chi connectivity index (χ4n) is 10.8. The molecule has 0 radical (unpaired) electrons. The molecule has 0 saturated heterocycles. The van der Waals surface area contributed by atoms with Crippen LogP contribution in [0.4, 0.5) is 0 Å². The monoisotopic (exact) mass is 474 g/mol. The Balaban J connectivity index is 1.65. The Hall–Kier alpha value is -0.420. The van der Waals surface area contributed by atoms with Crippen LogP contribution in [0.25, 0.3) is 0 Å². The normalized spacial score (nSPS) is 52.4. The Bertz CT molecular complexity index is 915. The van der Waals surface area contributed by atoms with Crippen LogP contribution in [0.15, 0.2) is 11.6 Å². The van der Waals surface area contributed by atoms with Gasteiger partial charge in [-0.05, 0) is 96.2 Å². The van der Waals surface area contributed by atoms with Gasteiger partial charge in [-0.25, -0.2) is 0 Å². The van der Waals surface area contributed by atoms with Crippen molar-refractivity contribution in [2.45, 2.75) is 125 Å². The van der Waals surface area contributed by atoms with Gasteiger partial charge in [0.15, 0.2) is 0 Å². The molecule has 5 aliphatic rings. The van der Waals surface area contributed by atoms with Gasteiger partial charge in [0.05, 0.1) is 0 Å². The SMILES string of the molecule is CC1(C)CC[C@]2(C)CC[C@]3(C)C(=CC[C@@H]4[C@]5(C)[C@@H](CC[C@]43C)C(C)(C)CC(O)(O)C5(O)O)[C@@H]2C1. The smallest absolute Gasteiger partial charge is 0.224 e. The summed E-state index contributed by atoms with van der Waals surface area (Å²) in [4.78, 5) is 0. The first-order valence-corrected chi connectivity index (χ1v) is 13.9. The van der Waals surface area contributed by atoms with E-state index in [2.05, 4.69) is 54.5 Å². The number of allylic oxidation sites excluding steroid dienone is 2. The molecule has 0 aromatic rings. The van der Waals surface area contributed by atoms with Crippen LogP contribution in [-0.4, -0.2) is 32.0 Å². The molecule has 5 aliphatic carbocycles. The van der Waals surface area contributed by atoms with Crippen molar-refractivity contribution in [3.05, 3.63) is 11.6 Å². The predicted molar refractivity (Wildman–Crippen MR) is 134 cm³/mol. The first-order chi connectivity index (χ1) is 15.3. The molecule has 0 amide bonds. The molecule has 34 heavy (non-hydrogen) atoms. The van der Waals surface area contributed by atoms with Crippen molar-refractivity contribution < 1.29 is 20.4 Å². The summed E-state index contributed by atoms with van der Waals surface area (Å²) in [5.74, 6) is -4.50. The highest BCUT2D eigenvalue weighted by Gasteiger charge is 2.77. The van der Waals surface area contributed by atoms with Gasteiger partial charge in [-0.3, -0.25) is 0 Å². The molecule has 0 aliphatic heterocycles. The lowest BCUT2D eigenvalue weighted by Gasteiger charge is -2.73. The largest absolute Gasteiger partial charge is 0.361 e. The van der Waals surface area contributed by atoms with Gasteiger partial charge in [-0.15, -0.1) is 0 Å². The van der Waals surface area contributed by atoms with Crippen molar-refractivity contribution in [3.63, 3.8) is 0 Å². The highest BCUT2D eigenvalue weighted by atomic mass is 16.6. The van der Waals surface area contributed by atoms with Crippen molar-refractivity contribution in [2.75, 3.05) is 0 Å².